The highest BCUT2D eigenvalue weighted by molar-refractivity contribution is 5.30. The molecule has 3 N–H and O–H groups in total. The van der Waals surface area contributed by atoms with Crippen molar-refractivity contribution < 1.29 is 4.74 Å². The Morgan fingerprint density at radius 3 is 2.52 bits per heavy atom. The molecule has 118 valence electrons. The van der Waals surface area contributed by atoms with Crippen LogP contribution in [0.1, 0.15) is 70.0 Å². The zero-order chi connectivity index (χ0) is 15.5. The van der Waals surface area contributed by atoms with Gasteiger partial charge in [-0.25, -0.2) is 0 Å². The van der Waals surface area contributed by atoms with E-state index in [9.17, 15) is 0 Å². The average Bonchev–Trinajstić information content (AvgIpc) is 2.36. The number of nitrogens with two attached hydrogens (primary N) is 1. The minimum absolute atomic E-state index is 0.0185. The fraction of sp³-hybridized carbons (Fsp3) is 0.667. The highest BCUT2D eigenvalue weighted by Crippen LogP contribution is 2.38. The molecule has 1 aromatic carbocycles. The van der Waals surface area contributed by atoms with Crippen LogP contribution in [0.2, 0.25) is 0 Å². The van der Waals surface area contributed by atoms with E-state index in [1.54, 1.807) is 0 Å². The fourth-order valence-electron chi connectivity index (χ4n) is 3.13. The van der Waals surface area contributed by atoms with Gasteiger partial charge in [-0.15, -0.1) is 0 Å². The van der Waals surface area contributed by atoms with Crippen molar-refractivity contribution in [3.8, 4) is 0 Å². The molecular weight excluding hydrogens is 260 g/mol. The summed E-state index contributed by atoms with van der Waals surface area (Å²) in [6.07, 6.45) is 4.04. The van der Waals surface area contributed by atoms with Gasteiger partial charge in [-0.2, -0.15) is 0 Å². The Hall–Kier alpha value is -0.900. The van der Waals surface area contributed by atoms with Crippen LogP contribution in [0, 0.1) is 5.41 Å². The molecular formula is C18H30N2O. The second-order valence-corrected chi connectivity index (χ2v) is 7.18. The molecule has 0 spiro atoms. The van der Waals surface area contributed by atoms with E-state index in [1.807, 2.05) is 6.92 Å². The topological polar surface area (TPSA) is 47.3 Å². The number of benzene rings is 1. The van der Waals surface area contributed by atoms with Crippen LogP contribution in [-0.2, 0) is 4.74 Å². The quantitative estimate of drug-likeness (QED) is 0.617. The van der Waals surface area contributed by atoms with Crippen LogP contribution in [0.4, 0.5) is 0 Å². The zero-order valence-electron chi connectivity index (χ0n) is 13.9. The van der Waals surface area contributed by atoms with E-state index < -0.39 is 0 Å². The third-order valence-corrected chi connectivity index (χ3v) is 4.53. The summed E-state index contributed by atoms with van der Waals surface area (Å²) >= 11 is 0. The number of nitrogens with one attached hydrogen (secondary N) is 1. The number of hydrogen-bond donors (Lipinski definition) is 2. The third-order valence-electron chi connectivity index (χ3n) is 4.53. The van der Waals surface area contributed by atoms with Gasteiger partial charge in [-0.05, 0) is 42.2 Å². The maximum Gasteiger partial charge on any atom is 0.0830 e. The lowest BCUT2D eigenvalue weighted by Crippen LogP contribution is -2.44. The molecule has 21 heavy (non-hydrogen) atoms. The van der Waals surface area contributed by atoms with Crippen molar-refractivity contribution in [3.63, 3.8) is 0 Å². The molecule has 1 fully saturated rings. The summed E-state index contributed by atoms with van der Waals surface area (Å²) < 4.78 is 6.01. The number of hydrazine groups is 1. The van der Waals surface area contributed by atoms with Crippen LogP contribution in [0.3, 0.4) is 0 Å². The molecule has 3 nitrogen and oxygen atoms in total. The van der Waals surface area contributed by atoms with Crippen molar-refractivity contribution in [2.45, 2.75) is 65.0 Å². The van der Waals surface area contributed by atoms with Crippen molar-refractivity contribution in [1.29, 1.82) is 0 Å². The Morgan fingerprint density at radius 1 is 1.33 bits per heavy atom. The first kappa shape index (κ1) is 16.5. The summed E-state index contributed by atoms with van der Waals surface area (Å²) in [6.45, 7) is 9.34. The van der Waals surface area contributed by atoms with Gasteiger partial charge >= 0.3 is 0 Å². The molecule has 1 aromatic rings. The summed E-state index contributed by atoms with van der Waals surface area (Å²) in [4.78, 5) is 0. The van der Waals surface area contributed by atoms with Gasteiger partial charge in [0.05, 0.1) is 12.1 Å². The molecule has 0 heterocycles. The Morgan fingerprint density at radius 2 is 2.05 bits per heavy atom. The highest BCUT2D eigenvalue weighted by Gasteiger charge is 2.33. The first-order valence-electron chi connectivity index (χ1n) is 8.15. The van der Waals surface area contributed by atoms with Gasteiger partial charge in [0, 0.05) is 6.61 Å². The lowest BCUT2D eigenvalue weighted by atomic mass is 9.78. The number of ether oxygens (including phenoxy) is 1. The Bertz CT molecular complexity index is 449. The van der Waals surface area contributed by atoms with Crippen molar-refractivity contribution in [3.05, 3.63) is 35.4 Å². The van der Waals surface area contributed by atoms with Gasteiger partial charge < -0.3 is 4.74 Å². The molecule has 2 rings (SSSR count). The fourth-order valence-corrected chi connectivity index (χ4v) is 3.13. The number of hydrogen-bond acceptors (Lipinski definition) is 3. The maximum atomic E-state index is 6.01. The summed E-state index contributed by atoms with van der Waals surface area (Å²) in [6, 6.07) is 8.88. The van der Waals surface area contributed by atoms with Crippen molar-refractivity contribution in [2.24, 2.45) is 11.3 Å². The second kappa shape index (κ2) is 6.91. The molecule has 0 radical (unpaired) electrons. The van der Waals surface area contributed by atoms with Crippen LogP contribution >= 0.6 is 0 Å². The predicted octanol–water partition coefficient (Wildman–Crippen LogP) is 3.91. The van der Waals surface area contributed by atoms with Crippen LogP contribution in [0.15, 0.2) is 24.3 Å². The monoisotopic (exact) mass is 290 g/mol. The Labute approximate surface area is 129 Å². The summed E-state index contributed by atoms with van der Waals surface area (Å²) in [5.41, 5.74) is 5.69. The van der Waals surface area contributed by atoms with E-state index in [0.717, 1.165) is 5.92 Å². The summed E-state index contributed by atoms with van der Waals surface area (Å²) in [7, 11) is 0. The molecule has 1 aliphatic carbocycles. The highest BCUT2D eigenvalue weighted by atomic mass is 16.5. The average molecular weight is 290 g/mol. The van der Waals surface area contributed by atoms with Gasteiger partial charge in [0.2, 0.25) is 0 Å². The van der Waals surface area contributed by atoms with Crippen LogP contribution in [0.25, 0.3) is 0 Å². The molecule has 0 aromatic heterocycles. The Kier molecular flexibility index (Phi) is 5.42. The zero-order valence-corrected chi connectivity index (χ0v) is 13.9. The largest absolute Gasteiger partial charge is 0.376 e. The molecule has 1 saturated carbocycles. The van der Waals surface area contributed by atoms with Crippen molar-refractivity contribution in [2.75, 3.05) is 6.61 Å². The molecule has 0 amide bonds. The third kappa shape index (κ3) is 3.85. The minimum atomic E-state index is 0.0185. The van der Waals surface area contributed by atoms with Crippen LogP contribution in [-0.4, -0.2) is 12.7 Å². The molecule has 3 heteroatoms. The summed E-state index contributed by atoms with van der Waals surface area (Å²) in [5.74, 6) is 6.61. The van der Waals surface area contributed by atoms with Gasteiger partial charge in [0.15, 0.2) is 0 Å². The van der Waals surface area contributed by atoms with E-state index in [-0.39, 0.29) is 17.6 Å². The van der Waals surface area contributed by atoms with Gasteiger partial charge in [-0.3, -0.25) is 11.3 Å². The molecule has 0 saturated heterocycles. The van der Waals surface area contributed by atoms with Crippen LogP contribution in [0.5, 0.6) is 0 Å². The van der Waals surface area contributed by atoms with E-state index in [0.29, 0.717) is 6.61 Å². The molecule has 2 unspecified atom stereocenters. The van der Waals surface area contributed by atoms with E-state index in [2.05, 4.69) is 50.5 Å². The van der Waals surface area contributed by atoms with Crippen molar-refractivity contribution in [1.82, 2.24) is 5.43 Å². The maximum absolute atomic E-state index is 6.01. The lowest BCUT2D eigenvalue weighted by molar-refractivity contribution is -0.0366. The SMILES string of the molecule is CCOC(C(NN)c1cccc(C2CCC2)c1)C(C)(C)C. The number of rotatable bonds is 6. The molecule has 0 bridgehead atoms. The summed E-state index contributed by atoms with van der Waals surface area (Å²) in [5, 5.41) is 0. The lowest BCUT2D eigenvalue weighted by Gasteiger charge is -2.37. The smallest absolute Gasteiger partial charge is 0.0830 e. The molecule has 0 aliphatic heterocycles. The first-order chi connectivity index (χ1) is 9.97. The van der Waals surface area contributed by atoms with E-state index in [4.69, 9.17) is 10.6 Å². The predicted molar refractivity (Wildman–Crippen MR) is 88.0 cm³/mol. The van der Waals surface area contributed by atoms with Gasteiger partial charge in [0.1, 0.15) is 0 Å². The Balaban J connectivity index is 2.26. The standard InChI is InChI=1S/C18H30N2O/c1-5-21-17(18(2,3)4)16(20-19)15-11-7-10-14(12-15)13-8-6-9-13/h7,10-13,16-17,20H,5-6,8-9,19H2,1-4H3. The molecule has 2 atom stereocenters. The first-order valence-corrected chi connectivity index (χ1v) is 8.15. The molecule has 1 aliphatic rings. The van der Waals surface area contributed by atoms with Crippen molar-refractivity contribution >= 4 is 0 Å². The van der Waals surface area contributed by atoms with E-state index >= 15 is 0 Å². The second-order valence-electron chi connectivity index (χ2n) is 7.18. The normalized spacial score (nSPS) is 19.1. The van der Waals surface area contributed by atoms with E-state index in [1.165, 1.54) is 30.4 Å². The van der Waals surface area contributed by atoms with Gasteiger partial charge in [0.25, 0.3) is 0 Å². The minimum Gasteiger partial charge on any atom is -0.376 e. The van der Waals surface area contributed by atoms with Gasteiger partial charge in [-0.1, -0.05) is 51.5 Å². The van der Waals surface area contributed by atoms with Crippen LogP contribution < -0.4 is 11.3 Å².